The fraction of sp³-hybridized carbons (Fsp3) is 0.900. The van der Waals surface area contributed by atoms with Crippen molar-refractivity contribution in [3.05, 3.63) is 0 Å². The van der Waals surface area contributed by atoms with Crippen molar-refractivity contribution in [3.63, 3.8) is 0 Å². The second-order valence-corrected chi connectivity index (χ2v) is 7.74. The molecule has 1 aliphatic carbocycles. The van der Waals surface area contributed by atoms with Crippen LogP contribution in [0.15, 0.2) is 4.99 Å². The van der Waals surface area contributed by atoms with E-state index in [-0.39, 0.29) is 5.91 Å². The van der Waals surface area contributed by atoms with Crippen LogP contribution in [0.2, 0.25) is 0 Å². The molecule has 1 amide bonds. The number of nitrogens with zero attached hydrogens (tertiary/aromatic N) is 2. The van der Waals surface area contributed by atoms with Gasteiger partial charge in [-0.3, -0.25) is 9.79 Å². The summed E-state index contributed by atoms with van der Waals surface area (Å²) >= 11 is 0. The first-order chi connectivity index (χ1) is 12.8. The molecule has 1 aliphatic heterocycles. The summed E-state index contributed by atoms with van der Waals surface area (Å²) in [5.41, 5.74) is 0. The van der Waals surface area contributed by atoms with E-state index in [9.17, 15) is 4.79 Å². The normalized spacial score (nSPS) is 20.0. The highest BCUT2D eigenvalue weighted by Crippen LogP contribution is 2.27. The molecule has 6 nitrogen and oxygen atoms in total. The number of aliphatic imine (C=N–C) groups is 1. The number of hydrogen-bond acceptors (Lipinski definition) is 3. The molecular weight excluding hydrogens is 326 g/mol. The summed E-state index contributed by atoms with van der Waals surface area (Å²) in [6.45, 7) is 5.98. The number of hydrogen-bond donors (Lipinski definition) is 3. The summed E-state index contributed by atoms with van der Waals surface area (Å²) in [6, 6.07) is 0. The average Bonchev–Trinajstić information content (AvgIpc) is 3.01. The van der Waals surface area contributed by atoms with E-state index in [1.54, 1.807) is 7.05 Å². The molecule has 1 heterocycles. The van der Waals surface area contributed by atoms with Gasteiger partial charge in [0.25, 0.3) is 0 Å². The third-order valence-electron chi connectivity index (χ3n) is 5.55. The fourth-order valence-corrected chi connectivity index (χ4v) is 4.02. The van der Waals surface area contributed by atoms with Crippen LogP contribution in [0.25, 0.3) is 0 Å². The van der Waals surface area contributed by atoms with Crippen molar-refractivity contribution in [2.24, 2.45) is 10.9 Å². The fourth-order valence-electron chi connectivity index (χ4n) is 4.02. The predicted octanol–water partition coefficient (Wildman–Crippen LogP) is 2.11. The summed E-state index contributed by atoms with van der Waals surface area (Å²) in [4.78, 5) is 18.8. The molecule has 0 aromatic heterocycles. The van der Waals surface area contributed by atoms with Crippen molar-refractivity contribution >= 4 is 11.9 Å². The van der Waals surface area contributed by atoms with Gasteiger partial charge in [-0.25, -0.2) is 0 Å². The molecule has 0 aromatic rings. The Labute approximate surface area is 159 Å². The maximum Gasteiger partial charge on any atom is 0.220 e. The predicted molar refractivity (Wildman–Crippen MR) is 108 cm³/mol. The molecule has 0 atom stereocenters. The third-order valence-corrected chi connectivity index (χ3v) is 5.55. The number of rotatable bonds is 9. The monoisotopic (exact) mass is 365 g/mol. The Kier molecular flexibility index (Phi) is 10.5. The Balaban J connectivity index is 1.47. The molecule has 1 saturated heterocycles. The molecule has 6 heteroatoms. The molecule has 2 rings (SSSR count). The van der Waals surface area contributed by atoms with Gasteiger partial charge < -0.3 is 20.9 Å². The number of carbonyl (C=O) groups excluding carboxylic acids is 1. The van der Waals surface area contributed by atoms with Crippen molar-refractivity contribution in [1.29, 1.82) is 0 Å². The molecule has 150 valence electrons. The van der Waals surface area contributed by atoms with Crippen molar-refractivity contribution in [1.82, 2.24) is 20.9 Å². The molecule has 1 saturated carbocycles. The largest absolute Gasteiger partial charge is 0.356 e. The minimum Gasteiger partial charge on any atom is -0.356 e. The Morgan fingerprint density at radius 2 is 1.58 bits per heavy atom. The molecule has 26 heavy (non-hydrogen) atoms. The lowest BCUT2D eigenvalue weighted by Gasteiger charge is -2.20. The van der Waals surface area contributed by atoms with Crippen molar-refractivity contribution < 1.29 is 4.79 Å². The Morgan fingerprint density at radius 3 is 2.27 bits per heavy atom. The van der Waals surface area contributed by atoms with Crippen LogP contribution >= 0.6 is 0 Å². The minimum atomic E-state index is 0.194. The van der Waals surface area contributed by atoms with Crippen LogP contribution < -0.4 is 16.0 Å². The minimum absolute atomic E-state index is 0.194. The molecule has 0 radical (unpaired) electrons. The molecular formula is C20H39N5O. The van der Waals surface area contributed by atoms with Crippen molar-refractivity contribution in [3.8, 4) is 0 Å². The lowest BCUT2D eigenvalue weighted by Crippen LogP contribution is -2.42. The Bertz CT molecular complexity index is 412. The highest BCUT2D eigenvalue weighted by molar-refractivity contribution is 5.79. The average molecular weight is 366 g/mol. The summed E-state index contributed by atoms with van der Waals surface area (Å²) in [7, 11) is 1.79. The topological polar surface area (TPSA) is 68.8 Å². The number of nitrogens with one attached hydrogen (secondary N) is 3. The van der Waals surface area contributed by atoms with Crippen LogP contribution in [0.5, 0.6) is 0 Å². The van der Waals surface area contributed by atoms with Crippen LogP contribution in [0.4, 0.5) is 0 Å². The smallest absolute Gasteiger partial charge is 0.220 e. The SMILES string of the molecule is CN=C(NCCCN1CCCCCC1)NCCNC(=O)CC1CCCC1. The molecule has 0 unspecified atom stereocenters. The summed E-state index contributed by atoms with van der Waals surface area (Å²) in [5, 5.41) is 9.66. The summed E-state index contributed by atoms with van der Waals surface area (Å²) in [6.07, 6.45) is 12.3. The molecule has 3 N–H and O–H groups in total. The van der Waals surface area contributed by atoms with Gasteiger partial charge in [-0.05, 0) is 57.7 Å². The van der Waals surface area contributed by atoms with Crippen molar-refractivity contribution in [2.75, 3.05) is 46.3 Å². The molecule has 2 aliphatic rings. The van der Waals surface area contributed by atoms with Crippen LogP contribution in [0.3, 0.4) is 0 Å². The van der Waals surface area contributed by atoms with E-state index < -0.39 is 0 Å². The Morgan fingerprint density at radius 1 is 0.923 bits per heavy atom. The zero-order chi connectivity index (χ0) is 18.5. The maximum atomic E-state index is 11.9. The number of amides is 1. The van der Waals surface area contributed by atoms with E-state index in [0.717, 1.165) is 18.9 Å². The quantitative estimate of drug-likeness (QED) is 0.333. The van der Waals surface area contributed by atoms with E-state index in [1.807, 2.05) is 0 Å². The van der Waals surface area contributed by atoms with E-state index in [2.05, 4.69) is 25.8 Å². The Hall–Kier alpha value is -1.30. The lowest BCUT2D eigenvalue weighted by molar-refractivity contribution is -0.121. The van der Waals surface area contributed by atoms with Gasteiger partial charge in [0.1, 0.15) is 0 Å². The highest BCUT2D eigenvalue weighted by Gasteiger charge is 2.17. The van der Waals surface area contributed by atoms with Gasteiger partial charge in [0.2, 0.25) is 5.91 Å². The maximum absolute atomic E-state index is 11.9. The van der Waals surface area contributed by atoms with Gasteiger partial charge in [0.05, 0.1) is 0 Å². The van der Waals surface area contributed by atoms with Gasteiger partial charge in [0.15, 0.2) is 5.96 Å². The van der Waals surface area contributed by atoms with E-state index in [1.165, 1.54) is 71.0 Å². The van der Waals surface area contributed by atoms with Crippen LogP contribution in [0, 0.1) is 5.92 Å². The van der Waals surface area contributed by atoms with Gasteiger partial charge in [-0.1, -0.05) is 25.7 Å². The van der Waals surface area contributed by atoms with Crippen LogP contribution in [-0.4, -0.2) is 63.1 Å². The van der Waals surface area contributed by atoms with E-state index in [4.69, 9.17) is 0 Å². The standard InChI is InChI=1S/C20H39N5O/c1-21-20(23-11-8-16-25-14-6-2-3-7-15-25)24-13-12-22-19(26)17-18-9-4-5-10-18/h18H,2-17H2,1H3,(H,22,26)(H2,21,23,24). The molecule has 0 aromatic carbocycles. The molecule has 0 spiro atoms. The lowest BCUT2D eigenvalue weighted by atomic mass is 10.0. The van der Waals surface area contributed by atoms with E-state index in [0.29, 0.717) is 25.4 Å². The zero-order valence-corrected chi connectivity index (χ0v) is 16.7. The number of guanidine groups is 1. The first-order valence-electron chi connectivity index (χ1n) is 10.7. The first kappa shape index (κ1) is 21.0. The highest BCUT2D eigenvalue weighted by atomic mass is 16.1. The van der Waals surface area contributed by atoms with Gasteiger partial charge >= 0.3 is 0 Å². The number of carbonyl (C=O) groups is 1. The van der Waals surface area contributed by atoms with Crippen molar-refractivity contribution in [2.45, 2.75) is 64.2 Å². The summed E-state index contributed by atoms with van der Waals surface area (Å²) < 4.78 is 0. The van der Waals surface area contributed by atoms with E-state index >= 15 is 0 Å². The third kappa shape index (κ3) is 8.88. The second kappa shape index (κ2) is 13.0. The van der Waals surface area contributed by atoms with Gasteiger partial charge in [-0.2, -0.15) is 0 Å². The zero-order valence-electron chi connectivity index (χ0n) is 16.7. The van der Waals surface area contributed by atoms with Gasteiger partial charge in [0, 0.05) is 33.1 Å². The van der Waals surface area contributed by atoms with Crippen LogP contribution in [-0.2, 0) is 4.79 Å². The second-order valence-electron chi connectivity index (χ2n) is 7.74. The molecule has 0 bridgehead atoms. The molecule has 2 fully saturated rings. The van der Waals surface area contributed by atoms with Gasteiger partial charge in [-0.15, -0.1) is 0 Å². The summed E-state index contributed by atoms with van der Waals surface area (Å²) in [5.74, 6) is 1.63. The van der Waals surface area contributed by atoms with Crippen LogP contribution in [0.1, 0.15) is 64.2 Å². The first-order valence-corrected chi connectivity index (χ1v) is 10.7. The number of likely N-dealkylation sites (tertiary alicyclic amines) is 1.